The van der Waals surface area contributed by atoms with Gasteiger partial charge >= 0.3 is 0 Å². The summed E-state index contributed by atoms with van der Waals surface area (Å²) < 4.78 is 0. The van der Waals surface area contributed by atoms with Gasteiger partial charge in [0.25, 0.3) is 0 Å². The van der Waals surface area contributed by atoms with Crippen molar-refractivity contribution in [2.75, 3.05) is 0 Å². The van der Waals surface area contributed by atoms with Crippen molar-refractivity contribution in [2.24, 2.45) is 0 Å². The number of hydrogen-bond donors (Lipinski definition) is 0. The lowest BCUT2D eigenvalue weighted by atomic mass is 10.0. The second-order valence-corrected chi connectivity index (χ2v) is 4.15. The first-order valence-corrected chi connectivity index (χ1v) is 6.32. The van der Waals surface area contributed by atoms with Crippen molar-refractivity contribution in [3.63, 3.8) is 0 Å². The Morgan fingerprint density at radius 2 is 2.05 bits per heavy atom. The van der Waals surface area contributed by atoms with Crippen molar-refractivity contribution in [1.29, 1.82) is 0 Å². The van der Waals surface area contributed by atoms with Crippen molar-refractivity contribution in [1.82, 2.24) is 4.98 Å². The molecule has 0 saturated heterocycles. The van der Waals surface area contributed by atoms with Gasteiger partial charge in [0.15, 0.2) is 0 Å². The Morgan fingerprint density at radius 1 is 1.16 bits per heavy atom. The third-order valence-corrected chi connectivity index (χ3v) is 2.84. The molecule has 1 aromatic heterocycles. The normalized spacial score (nSPS) is 11.7. The van der Waals surface area contributed by atoms with Crippen molar-refractivity contribution in [2.45, 2.75) is 6.92 Å². The van der Waals surface area contributed by atoms with Crippen LogP contribution in [0.25, 0.3) is 16.8 Å². The SMILES string of the molecule is C=C/C(=C\C=C/C)c1cccc(-c2ccccn2)c1. The fraction of sp³-hybridized carbons (Fsp3) is 0.0556. The molecule has 0 atom stereocenters. The van der Waals surface area contributed by atoms with Crippen LogP contribution in [0.3, 0.4) is 0 Å². The molecule has 1 nitrogen and oxygen atoms in total. The summed E-state index contributed by atoms with van der Waals surface area (Å²) in [4.78, 5) is 4.38. The molecule has 2 aromatic rings. The molecular weight excluding hydrogens is 230 g/mol. The summed E-state index contributed by atoms with van der Waals surface area (Å²) in [5.74, 6) is 0. The summed E-state index contributed by atoms with van der Waals surface area (Å²) in [5, 5.41) is 0. The third kappa shape index (κ3) is 3.29. The summed E-state index contributed by atoms with van der Waals surface area (Å²) in [6, 6.07) is 14.3. The standard InChI is InChI=1S/C18H17N/c1-3-5-9-15(4-2)16-10-8-11-17(14-16)18-12-6-7-13-19-18/h3-14H,2H2,1H3/b5-3-,15-9+. The third-order valence-electron chi connectivity index (χ3n) is 2.84. The highest BCUT2D eigenvalue weighted by atomic mass is 14.7. The molecule has 0 aliphatic heterocycles. The molecule has 0 amide bonds. The first-order chi connectivity index (χ1) is 9.35. The summed E-state index contributed by atoms with van der Waals surface area (Å²) >= 11 is 0. The Kier molecular flexibility index (Phi) is 4.46. The zero-order valence-electron chi connectivity index (χ0n) is 11.1. The highest BCUT2D eigenvalue weighted by molar-refractivity contribution is 5.77. The van der Waals surface area contributed by atoms with Crippen molar-refractivity contribution in [3.8, 4) is 11.3 Å². The molecule has 0 spiro atoms. The number of aromatic nitrogens is 1. The molecule has 1 heteroatoms. The maximum absolute atomic E-state index is 4.38. The summed E-state index contributed by atoms with van der Waals surface area (Å²) in [6.45, 7) is 5.88. The molecule has 94 valence electrons. The van der Waals surface area contributed by atoms with Crippen LogP contribution in [0.1, 0.15) is 12.5 Å². The number of hydrogen-bond acceptors (Lipinski definition) is 1. The molecule has 0 aliphatic rings. The molecule has 2 rings (SSSR count). The number of nitrogens with zero attached hydrogens (tertiary/aromatic N) is 1. The molecule has 1 heterocycles. The van der Waals surface area contributed by atoms with Gasteiger partial charge in [-0.15, -0.1) is 0 Å². The molecule has 0 radical (unpaired) electrons. The Balaban J connectivity index is 2.42. The largest absolute Gasteiger partial charge is 0.256 e. The highest BCUT2D eigenvalue weighted by Crippen LogP contribution is 2.22. The van der Waals surface area contributed by atoms with Crippen LogP contribution in [0.5, 0.6) is 0 Å². The maximum atomic E-state index is 4.38. The topological polar surface area (TPSA) is 12.9 Å². The van der Waals surface area contributed by atoms with Gasteiger partial charge in [0.05, 0.1) is 5.69 Å². The molecular formula is C18H17N. The second kappa shape index (κ2) is 6.50. The van der Waals surface area contributed by atoms with E-state index in [2.05, 4.69) is 35.8 Å². The second-order valence-electron chi connectivity index (χ2n) is 4.15. The van der Waals surface area contributed by atoms with Gasteiger partial charge in [-0.1, -0.05) is 55.1 Å². The van der Waals surface area contributed by atoms with Crippen LogP contribution in [0.2, 0.25) is 0 Å². The van der Waals surface area contributed by atoms with Gasteiger partial charge in [-0.3, -0.25) is 4.98 Å². The van der Waals surface area contributed by atoms with Crippen LogP contribution < -0.4 is 0 Å². The number of rotatable bonds is 4. The minimum Gasteiger partial charge on any atom is -0.256 e. The maximum Gasteiger partial charge on any atom is 0.0702 e. The van der Waals surface area contributed by atoms with Crippen LogP contribution in [-0.2, 0) is 0 Å². The minimum absolute atomic E-state index is 0.985. The molecule has 0 bridgehead atoms. The van der Waals surface area contributed by atoms with E-state index in [4.69, 9.17) is 0 Å². The highest BCUT2D eigenvalue weighted by Gasteiger charge is 2.01. The van der Waals surface area contributed by atoms with Gasteiger partial charge in [0, 0.05) is 11.8 Å². The molecule has 0 saturated carbocycles. The van der Waals surface area contributed by atoms with Gasteiger partial charge in [0.2, 0.25) is 0 Å². The zero-order valence-corrected chi connectivity index (χ0v) is 11.1. The van der Waals surface area contributed by atoms with E-state index in [0.717, 1.165) is 22.4 Å². The van der Waals surface area contributed by atoms with Crippen molar-refractivity contribution in [3.05, 3.63) is 85.1 Å². The van der Waals surface area contributed by atoms with Crippen LogP contribution in [0.15, 0.2) is 79.5 Å². The van der Waals surface area contributed by atoms with E-state index in [1.165, 1.54) is 0 Å². The van der Waals surface area contributed by atoms with Crippen LogP contribution >= 0.6 is 0 Å². The van der Waals surface area contributed by atoms with E-state index >= 15 is 0 Å². The lowest BCUT2D eigenvalue weighted by molar-refractivity contribution is 1.32. The quantitative estimate of drug-likeness (QED) is 0.701. The summed E-state index contributed by atoms with van der Waals surface area (Å²) in [7, 11) is 0. The zero-order chi connectivity index (χ0) is 13.5. The first-order valence-electron chi connectivity index (χ1n) is 6.32. The average Bonchev–Trinajstić information content (AvgIpc) is 2.49. The Labute approximate surface area is 114 Å². The molecule has 0 aliphatic carbocycles. The van der Waals surface area contributed by atoms with Crippen molar-refractivity contribution < 1.29 is 0 Å². The van der Waals surface area contributed by atoms with E-state index in [9.17, 15) is 0 Å². The van der Waals surface area contributed by atoms with Gasteiger partial charge in [-0.2, -0.15) is 0 Å². The molecule has 0 N–H and O–H groups in total. The first kappa shape index (κ1) is 13.0. The predicted octanol–water partition coefficient (Wildman–Crippen LogP) is 4.89. The minimum atomic E-state index is 0.985. The van der Waals surface area contributed by atoms with Crippen LogP contribution in [0.4, 0.5) is 0 Å². The molecule has 1 aromatic carbocycles. The smallest absolute Gasteiger partial charge is 0.0702 e. The van der Waals surface area contributed by atoms with E-state index in [1.54, 1.807) is 0 Å². The van der Waals surface area contributed by atoms with E-state index < -0.39 is 0 Å². The fourth-order valence-electron chi connectivity index (χ4n) is 1.87. The number of allylic oxidation sites excluding steroid dienone is 5. The number of pyridine rings is 1. The van der Waals surface area contributed by atoms with Gasteiger partial charge < -0.3 is 0 Å². The molecule has 0 fully saturated rings. The summed E-state index contributed by atoms with van der Waals surface area (Å²) in [6.07, 6.45) is 9.77. The lowest BCUT2D eigenvalue weighted by Crippen LogP contribution is -1.85. The van der Waals surface area contributed by atoms with E-state index in [-0.39, 0.29) is 0 Å². The van der Waals surface area contributed by atoms with E-state index in [1.807, 2.05) is 55.6 Å². The van der Waals surface area contributed by atoms with Gasteiger partial charge in [-0.25, -0.2) is 0 Å². The van der Waals surface area contributed by atoms with Crippen LogP contribution in [0, 0.1) is 0 Å². The lowest BCUT2D eigenvalue weighted by Gasteiger charge is -2.05. The monoisotopic (exact) mass is 247 g/mol. The Hall–Kier alpha value is -2.41. The van der Waals surface area contributed by atoms with Crippen molar-refractivity contribution >= 4 is 5.57 Å². The Morgan fingerprint density at radius 3 is 2.74 bits per heavy atom. The predicted molar refractivity (Wildman–Crippen MR) is 82.7 cm³/mol. The number of benzene rings is 1. The average molecular weight is 247 g/mol. The molecule has 19 heavy (non-hydrogen) atoms. The van der Waals surface area contributed by atoms with Gasteiger partial charge in [0.1, 0.15) is 0 Å². The van der Waals surface area contributed by atoms with E-state index in [0.29, 0.717) is 0 Å². The molecule has 0 unspecified atom stereocenters. The van der Waals surface area contributed by atoms with Gasteiger partial charge in [-0.05, 0) is 36.3 Å². The summed E-state index contributed by atoms with van der Waals surface area (Å²) in [5.41, 5.74) is 4.36. The Bertz CT molecular complexity index is 607. The van der Waals surface area contributed by atoms with Crippen LogP contribution in [-0.4, -0.2) is 4.98 Å². The fourth-order valence-corrected chi connectivity index (χ4v) is 1.87.